The summed E-state index contributed by atoms with van der Waals surface area (Å²) >= 11 is 5.78. The standard InChI is InChI=1S/C14H20ClNO2/c1-4-16(10-14(2,3)18)9-13(17)11-5-7-12(15)8-6-11/h5-8,18H,4,9-10H2,1-3H3. The molecule has 0 spiro atoms. The Labute approximate surface area is 113 Å². The first-order valence-corrected chi connectivity index (χ1v) is 6.43. The van der Waals surface area contributed by atoms with E-state index < -0.39 is 5.60 Å². The van der Waals surface area contributed by atoms with Crippen LogP contribution in [0.15, 0.2) is 24.3 Å². The molecule has 0 fully saturated rings. The van der Waals surface area contributed by atoms with Gasteiger partial charge in [-0.05, 0) is 44.7 Å². The minimum Gasteiger partial charge on any atom is -0.389 e. The molecule has 1 aromatic carbocycles. The minimum atomic E-state index is -0.795. The molecule has 0 aromatic heterocycles. The van der Waals surface area contributed by atoms with E-state index in [0.717, 1.165) is 6.54 Å². The molecule has 0 aliphatic rings. The topological polar surface area (TPSA) is 40.5 Å². The number of benzene rings is 1. The maximum absolute atomic E-state index is 12.0. The van der Waals surface area contributed by atoms with Crippen molar-refractivity contribution >= 4 is 17.4 Å². The molecular weight excluding hydrogens is 250 g/mol. The zero-order valence-electron chi connectivity index (χ0n) is 11.1. The van der Waals surface area contributed by atoms with Crippen LogP contribution in [0, 0.1) is 0 Å². The largest absolute Gasteiger partial charge is 0.389 e. The zero-order chi connectivity index (χ0) is 13.8. The van der Waals surface area contributed by atoms with Gasteiger partial charge in [0.15, 0.2) is 5.78 Å². The van der Waals surface area contributed by atoms with Gasteiger partial charge in [-0.3, -0.25) is 9.69 Å². The Morgan fingerprint density at radius 3 is 2.33 bits per heavy atom. The Hall–Kier alpha value is -0.900. The number of hydrogen-bond donors (Lipinski definition) is 1. The molecule has 4 heteroatoms. The highest BCUT2D eigenvalue weighted by molar-refractivity contribution is 6.30. The second-order valence-electron chi connectivity index (χ2n) is 5.05. The fourth-order valence-corrected chi connectivity index (χ4v) is 1.88. The lowest BCUT2D eigenvalue weighted by Gasteiger charge is -2.27. The smallest absolute Gasteiger partial charge is 0.176 e. The Morgan fingerprint density at radius 2 is 1.89 bits per heavy atom. The molecule has 3 nitrogen and oxygen atoms in total. The van der Waals surface area contributed by atoms with E-state index in [2.05, 4.69) is 0 Å². The average molecular weight is 270 g/mol. The fraction of sp³-hybridized carbons (Fsp3) is 0.500. The van der Waals surface area contributed by atoms with Crippen LogP contribution in [0.4, 0.5) is 0 Å². The summed E-state index contributed by atoms with van der Waals surface area (Å²) in [6, 6.07) is 6.87. The lowest BCUT2D eigenvalue weighted by Crippen LogP contribution is -2.41. The monoisotopic (exact) mass is 269 g/mol. The van der Waals surface area contributed by atoms with Crippen LogP contribution >= 0.6 is 11.6 Å². The molecule has 18 heavy (non-hydrogen) atoms. The third kappa shape index (κ3) is 5.17. The number of nitrogens with zero attached hydrogens (tertiary/aromatic N) is 1. The zero-order valence-corrected chi connectivity index (χ0v) is 11.9. The number of likely N-dealkylation sites (N-methyl/N-ethyl adjacent to an activating group) is 1. The maximum Gasteiger partial charge on any atom is 0.176 e. The number of aliphatic hydroxyl groups is 1. The Kier molecular flexibility index (Phi) is 5.32. The number of rotatable bonds is 6. The lowest BCUT2D eigenvalue weighted by molar-refractivity contribution is 0.0376. The second kappa shape index (κ2) is 6.32. The molecule has 0 aliphatic carbocycles. The highest BCUT2D eigenvalue weighted by Gasteiger charge is 2.19. The van der Waals surface area contributed by atoms with Crippen molar-refractivity contribution in [2.75, 3.05) is 19.6 Å². The average Bonchev–Trinajstić information content (AvgIpc) is 2.27. The van der Waals surface area contributed by atoms with Crippen molar-refractivity contribution in [1.82, 2.24) is 4.90 Å². The maximum atomic E-state index is 12.0. The number of halogens is 1. The van der Waals surface area contributed by atoms with Crippen molar-refractivity contribution in [3.8, 4) is 0 Å². The van der Waals surface area contributed by atoms with Crippen molar-refractivity contribution in [1.29, 1.82) is 0 Å². The number of ketones is 1. The van der Waals surface area contributed by atoms with Gasteiger partial charge in [-0.1, -0.05) is 18.5 Å². The molecular formula is C14H20ClNO2. The molecule has 1 rings (SSSR count). The SMILES string of the molecule is CCN(CC(=O)c1ccc(Cl)cc1)CC(C)(C)O. The highest BCUT2D eigenvalue weighted by atomic mass is 35.5. The molecule has 1 aromatic rings. The molecule has 0 radical (unpaired) electrons. The van der Waals surface area contributed by atoms with Crippen LogP contribution in [-0.4, -0.2) is 41.0 Å². The van der Waals surface area contributed by atoms with E-state index in [4.69, 9.17) is 11.6 Å². The highest BCUT2D eigenvalue weighted by Crippen LogP contribution is 2.11. The van der Waals surface area contributed by atoms with Gasteiger partial charge in [-0.25, -0.2) is 0 Å². The normalized spacial score (nSPS) is 11.9. The third-order valence-electron chi connectivity index (χ3n) is 2.59. The summed E-state index contributed by atoms with van der Waals surface area (Å²) in [5.74, 6) is 0.0396. The van der Waals surface area contributed by atoms with Crippen LogP contribution in [-0.2, 0) is 0 Å². The van der Waals surface area contributed by atoms with Gasteiger partial charge in [-0.15, -0.1) is 0 Å². The van der Waals surface area contributed by atoms with Crippen LogP contribution in [0.25, 0.3) is 0 Å². The fourth-order valence-electron chi connectivity index (χ4n) is 1.76. The first kappa shape index (κ1) is 15.2. The lowest BCUT2D eigenvalue weighted by atomic mass is 10.1. The van der Waals surface area contributed by atoms with Gasteiger partial charge < -0.3 is 5.11 Å². The van der Waals surface area contributed by atoms with Gasteiger partial charge in [0.2, 0.25) is 0 Å². The first-order valence-electron chi connectivity index (χ1n) is 6.05. The van der Waals surface area contributed by atoms with Crippen molar-refractivity contribution in [3.63, 3.8) is 0 Å². The van der Waals surface area contributed by atoms with Gasteiger partial charge in [-0.2, -0.15) is 0 Å². The van der Waals surface area contributed by atoms with Gasteiger partial charge in [0.05, 0.1) is 12.1 Å². The molecule has 0 saturated heterocycles. The predicted molar refractivity (Wildman–Crippen MR) is 74.2 cm³/mol. The second-order valence-corrected chi connectivity index (χ2v) is 5.48. The summed E-state index contributed by atoms with van der Waals surface area (Å²) in [4.78, 5) is 14.0. The van der Waals surface area contributed by atoms with E-state index in [1.165, 1.54) is 0 Å². The Bertz CT molecular complexity index is 395. The van der Waals surface area contributed by atoms with Gasteiger partial charge >= 0.3 is 0 Å². The van der Waals surface area contributed by atoms with Crippen molar-refractivity contribution in [2.24, 2.45) is 0 Å². The first-order chi connectivity index (χ1) is 8.31. The van der Waals surface area contributed by atoms with Crippen molar-refractivity contribution < 1.29 is 9.90 Å². The van der Waals surface area contributed by atoms with Crippen molar-refractivity contribution in [2.45, 2.75) is 26.4 Å². The van der Waals surface area contributed by atoms with E-state index in [0.29, 0.717) is 23.7 Å². The van der Waals surface area contributed by atoms with Crippen LogP contribution in [0.2, 0.25) is 5.02 Å². The molecule has 0 atom stereocenters. The summed E-state index contributed by atoms with van der Waals surface area (Å²) in [6.07, 6.45) is 0. The number of hydrogen-bond acceptors (Lipinski definition) is 3. The summed E-state index contributed by atoms with van der Waals surface area (Å²) < 4.78 is 0. The molecule has 0 aliphatic heterocycles. The van der Waals surface area contributed by atoms with Gasteiger partial charge in [0, 0.05) is 17.1 Å². The molecule has 1 N–H and O–H groups in total. The quantitative estimate of drug-likeness (QED) is 0.807. The Morgan fingerprint density at radius 1 is 1.33 bits per heavy atom. The molecule has 0 unspecified atom stereocenters. The molecule has 0 saturated carbocycles. The van der Waals surface area contributed by atoms with Crippen molar-refractivity contribution in [3.05, 3.63) is 34.9 Å². The predicted octanol–water partition coefficient (Wildman–Crippen LogP) is 2.62. The van der Waals surface area contributed by atoms with E-state index in [1.807, 2.05) is 11.8 Å². The number of carbonyl (C=O) groups is 1. The van der Waals surface area contributed by atoms with Crippen LogP contribution in [0.5, 0.6) is 0 Å². The van der Waals surface area contributed by atoms with Gasteiger partial charge in [0.25, 0.3) is 0 Å². The summed E-state index contributed by atoms with van der Waals surface area (Å²) in [5.41, 5.74) is -0.149. The molecule has 0 bridgehead atoms. The minimum absolute atomic E-state index is 0.0396. The third-order valence-corrected chi connectivity index (χ3v) is 2.84. The number of carbonyl (C=O) groups excluding carboxylic acids is 1. The van der Waals surface area contributed by atoms with E-state index in [1.54, 1.807) is 38.1 Å². The molecule has 0 heterocycles. The number of Topliss-reactive ketones (excluding diaryl/α,β-unsaturated/α-hetero) is 1. The van der Waals surface area contributed by atoms with Crippen LogP contribution in [0.1, 0.15) is 31.1 Å². The van der Waals surface area contributed by atoms with E-state index in [9.17, 15) is 9.90 Å². The molecule has 0 amide bonds. The van der Waals surface area contributed by atoms with Crippen LogP contribution in [0.3, 0.4) is 0 Å². The van der Waals surface area contributed by atoms with E-state index >= 15 is 0 Å². The van der Waals surface area contributed by atoms with E-state index in [-0.39, 0.29) is 5.78 Å². The van der Waals surface area contributed by atoms with Crippen LogP contribution < -0.4 is 0 Å². The summed E-state index contributed by atoms with van der Waals surface area (Å²) in [5, 5.41) is 10.4. The summed E-state index contributed by atoms with van der Waals surface area (Å²) in [7, 11) is 0. The van der Waals surface area contributed by atoms with Gasteiger partial charge in [0.1, 0.15) is 0 Å². The molecule has 100 valence electrons. The Balaban J connectivity index is 2.65. The summed E-state index contributed by atoms with van der Waals surface area (Å²) in [6.45, 7) is 6.96.